The van der Waals surface area contributed by atoms with Gasteiger partial charge < -0.3 is 15.7 Å². The van der Waals surface area contributed by atoms with Crippen LogP contribution < -0.4 is 10.5 Å². The van der Waals surface area contributed by atoms with Crippen LogP contribution >= 0.6 is 11.6 Å². The van der Waals surface area contributed by atoms with Crippen LogP contribution in [0.1, 0.15) is 17.0 Å². The molecule has 0 radical (unpaired) electrons. The number of pyridine rings is 1. The molecule has 2 aromatic heterocycles. The van der Waals surface area contributed by atoms with Crippen molar-refractivity contribution in [3.63, 3.8) is 0 Å². The maximum atomic E-state index is 8.71. The van der Waals surface area contributed by atoms with Gasteiger partial charge in [0.25, 0.3) is 0 Å². The Morgan fingerprint density at radius 3 is 2.75 bits per heavy atom. The molecule has 0 aliphatic heterocycles. The van der Waals surface area contributed by atoms with Gasteiger partial charge in [0.05, 0.1) is 5.69 Å². The molecule has 20 heavy (non-hydrogen) atoms. The number of amidine groups is 1. The Balaban J connectivity index is 2.45. The van der Waals surface area contributed by atoms with Crippen molar-refractivity contribution in [2.45, 2.75) is 13.8 Å². The molecule has 0 spiro atoms. The van der Waals surface area contributed by atoms with E-state index in [1.54, 1.807) is 4.68 Å². The lowest BCUT2D eigenvalue weighted by Crippen LogP contribution is -2.14. The highest BCUT2D eigenvalue weighted by molar-refractivity contribution is 6.35. The third-order valence-electron chi connectivity index (χ3n) is 2.88. The van der Waals surface area contributed by atoms with Gasteiger partial charge in [0.15, 0.2) is 11.6 Å². The first kappa shape index (κ1) is 14.1. The van der Waals surface area contributed by atoms with Gasteiger partial charge in [-0.2, -0.15) is 5.10 Å². The Bertz CT molecular complexity index is 681. The molecule has 0 aliphatic carbocycles. The first-order chi connectivity index (χ1) is 9.45. The number of aromatic nitrogens is 3. The van der Waals surface area contributed by atoms with Crippen LogP contribution in [0.4, 0.5) is 0 Å². The number of hydrogen-bond donors (Lipinski definition) is 2. The maximum Gasteiger partial charge on any atom is 0.239 e. The molecule has 0 amide bonds. The van der Waals surface area contributed by atoms with Crippen molar-refractivity contribution in [3.8, 4) is 11.6 Å². The number of oxime groups is 1. The number of hydrogen-bond acceptors (Lipinski definition) is 5. The Kier molecular flexibility index (Phi) is 3.80. The highest BCUT2D eigenvalue weighted by Gasteiger charge is 2.17. The minimum absolute atomic E-state index is 0.109. The molecule has 0 bridgehead atoms. The average Bonchev–Trinajstić information content (AvgIpc) is 2.66. The van der Waals surface area contributed by atoms with E-state index in [1.807, 2.05) is 20.9 Å². The number of ether oxygens (including phenoxy) is 1. The van der Waals surface area contributed by atoms with Crippen LogP contribution in [0, 0.1) is 13.8 Å². The maximum absolute atomic E-state index is 8.71. The minimum Gasteiger partial charge on any atom is -0.434 e. The van der Waals surface area contributed by atoms with Crippen LogP contribution in [0.3, 0.4) is 0 Å². The molecule has 0 aromatic carbocycles. The van der Waals surface area contributed by atoms with E-state index in [4.69, 9.17) is 27.3 Å². The first-order valence-corrected chi connectivity index (χ1v) is 6.14. The molecule has 3 N–H and O–H groups in total. The van der Waals surface area contributed by atoms with Gasteiger partial charge in [-0.15, -0.1) is 0 Å². The second-order valence-electron chi connectivity index (χ2n) is 4.19. The Morgan fingerprint density at radius 1 is 1.50 bits per heavy atom. The molecule has 2 rings (SSSR count). The van der Waals surface area contributed by atoms with Crippen molar-refractivity contribution in [2.75, 3.05) is 0 Å². The van der Waals surface area contributed by atoms with E-state index < -0.39 is 0 Å². The molecule has 0 saturated heterocycles. The summed E-state index contributed by atoms with van der Waals surface area (Å²) in [5.41, 5.74) is 7.44. The summed E-state index contributed by atoms with van der Waals surface area (Å²) in [6.45, 7) is 3.69. The molecule has 106 valence electrons. The molecule has 8 heteroatoms. The zero-order valence-electron chi connectivity index (χ0n) is 11.3. The summed E-state index contributed by atoms with van der Waals surface area (Å²) >= 11 is 6.16. The fourth-order valence-electron chi connectivity index (χ4n) is 1.75. The van der Waals surface area contributed by atoms with Crippen LogP contribution in [0.15, 0.2) is 17.4 Å². The summed E-state index contributed by atoms with van der Waals surface area (Å²) in [5.74, 6) is 0.649. The quantitative estimate of drug-likeness (QED) is 0.390. The largest absolute Gasteiger partial charge is 0.434 e. The summed E-state index contributed by atoms with van der Waals surface area (Å²) in [5, 5.41) is 16.0. The number of aryl methyl sites for hydroxylation is 2. The van der Waals surface area contributed by atoms with Gasteiger partial charge in [-0.05, 0) is 19.9 Å². The van der Waals surface area contributed by atoms with Crippen LogP contribution in [-0.4, -0.2) is 25.8 Å². The SMILES string of the molecule is Cc1nn(C)c(C)c1Oc1nccc(/C(N)=N/O)c1Cl. The number of rotatable bonds is 3. The summed E-state index contributed by atoms with van der Waals surface area (Å²) in [6.07, 6.45) is 1.47. The molecule has 0 saturated carbocycles. The normalized spacial score (nSPS) is 11.7. The lowest BCUT2D eigenvalue weighted by molar-refractivity contribution is 0.318. The molecular weight excluding hydrogens is 282 g/mol. The smallest absolute Gasteiger partial charge is 0.239 e. The van der Waals surface area contributed by atoms with Crippen LogP contribution in [-0.2, 0) is 7.05 Å². The van der Waals surface area contributed by atoms with Crippen molar-refractivity contribution in [3.05, 3.63) is 34.2 Å². The van der Waals surface area contributed by atoms with E-state index in [1.165, 1.54) is 12.3 Å². The van der Waals surface area contributed by atoms with Gasteiger partial charge in [-0.25, -0.2) is 4.98 Å². The van der Waals surface area contributed by atoms with Gasteiger partial charge in [0.2, 0.25) is 5.88 Å². The standard InChI is InChI=1S/C12H14ClN5O2/c1-6-10(7(2)18(3)16-6)20-12-9(13)8(4-5-15-12)11(14)17-19/h4-5,19H,1-3H3,(H2,14,17). The van der Waals surface area contributed by atoms with Crippen molar-refractivity contribution in [1.29, 1.82) is 0 Å². The van der Waals surface area contributed by atoms with Gasteiger partial charge >= 0.3 is 0 Å². The topological polar surface area (TPSA) is 98.5 Å². The second kappa shape index (κ2) is 5.38. The highest BCUT2D eigenvalue weighted by Crippen LogP contribution is 2.32. The first-order valence-electron chi connectivity index (χ1n) is 5.76. The summed E-state index contributed by atoms with van der Waals surface area (Å²) in [6, 6.07) is 1.53. The number of halogens is 1. The Morgan fingerprint density at radius 2 is 2.20 bits per heavy atom. The molecule has 2 aromatic rings. The van der Waals surface area contributed by atoms with Gasteiger partial charge in [0.1, 0.15) is 10.7 Å². The fraction of sp³-hybridized carbons (Fsp3) is 0.250. The third kappa shape index (κ3) is 2.39. The van der Waals surface area contributed by atoms with E-state index in [0.717, 1.165) is 11.4 Å². The molecule has 0 atom stereocenters. The van der Waals surface area contributed by atoms with Crippen molar-refractivity contribution in [1.82, 2.24) is 14.8 Å². The van der Waals surface area contributed by atoms with Crippen LogP contribution in [0.2, 0.25) is 5.02 Å². The van der Waals surface area contributed by atoms with Gasteiger partial charge in [-0.1, -0.05) is 16.8 Å². The molecule has 2 heterocycles. The monoisotopic (exact) mass is 295 g/mol. The molecule has 0 aliphatic rings. The van der Waals surface area contributed by atoms with Crippen molar-refractivity contribution >= 4 is 17.4 Å². The molecular formula is C12H14ClN5O2. The number of nitrogens with two attached hydrogens (primary N) is 1. The zero-order valence-corrected chi connectivity index (χ0v) is 12.0. The summed E-state index contributed by atoms with van der Waals surface area (Å²) in [7, 11) is 1.82. The summed E-state index contributed by atoms with van der Waals surface area (Å²) < 4.78 is 7.41. The van der Waals surface area contributed by atoms with Crippen LogP contribution in [0.5, 0.6) is 11.6 Å². The zero-order chi connectivity index (χ0) is 14.9. The molecule has 0 fully saturated rings. The van der Waals surface area contributed by atoms with E-state index >= 15 is 0 Å². The van der Waals surface area contributed by atoms with E-state index in [2.05, 4.69) is 15.2 Å². The highest BCUT2D eigenvalue weighted by atomic mass is 35.5. The van der Waals surface area contributed by atoms with Gasteiger partial charge in [-0.3, -0.25) is 4.68 Å². The number of nitrogens with zero attached hydrogens (tertiary/aromatic N) is 4. The minimum atomic E-state index is -0.109. The van der Waals surface area contributed by atoms with Crippen LogP contribution in [0.25, 0.3) is 0 Å². The molecule has 0 unspecified atom stereocenters. The van der Waals surface area contributed by atoms with E-state index in [9.17, 15) is 0 Å². The predicted octanol–water partition coefficient (Wildman–Crippen LogP) is 1.97. The lowest BCUT2D eigenvalue weighted by atomic mass is 10.2. The van der Waals surface area contributed by atoms with Gasteiger partial charge in [0, 0.05) is 18.8 Å². The molecule has 7 nitrogen and oxygen atoms in total. The Hall–Kier alpha value is -2.28. The van der Waals surface area contributed by atoms with E-state index in [-0.39, 0.29) is 16.7 Å². The second-order valence-corrected chi connectivity index (χ2v) is 4.57. The average molecular weight is 296 g/mol. The third-order valence-corrected chi connectivity index (χ3v) is 3.25. The van der Waals surface area contributed by atoms with Crippen molar-refractivity contribution in [2.24, 2.45) is 17.9 Å². The van der Waals surface area contributed by atoms with E-state index in [0.29, 0.717) is 11.3 Å². The fourth-order valence-corrected chi connectivity index (χ4v) is 1.99. The predicted molar refractivity (Wildman–Crippen MR) is 74.5 cm³/mol. The Labute approximate surface area is 120 Å². The van der Waals surface area contributed by atoms with Crippen molar-refractivity contribution < 1.29 is 9.94 Å². The summed E-state index contributed by atoms with van der Waals surface area (Å²) in [4.78, 5) is 4.06. The lowest BCUT2D eigenvalue weighted by Gasteiger charge is -2.09.